The summed E-state index contributed by atoms with van der Waals surface area (Å²) in [7, 11) is 1.77. The summed E-state index contributed by atoms with van der Waals surface area (Å²) in [6, 6.07) is 1.77. The predicted molar refractivity (Wildman–Crippen MR) is 44.0 cm³/mol. The first-order chi connectivity index (χ1) is 5.61. The van der Waals surface area contributed by atoms with E-state index in [1.165, 1.54) is 0 Å². The zero-order valence-electron chi connectivity index (χ0n) is 6.82. The Balaban J connectivity index is 2.71. The molecule has 0 aliphatic carbocycles. The summed E-state index contributed by atoms with van der Waals surface area (Å²) in [5.74, 6) is 0. The summed E-state index contributed by atoms with van der Waals surface area (Å²) in [6.07, 6.45) is 1.27. The van der Waals surface area contributed by atoms with Gasteiger partial charge in [-0.05, 0) is 13.0 Å². The van der Waals surface area contributed by atoms with Gasteiger partial charge in [-0.15, -0.1) is 0 Å². The average molecular weight is 189 g/mol. The lowest BCUT2D eigenvalue weighted by molar-refractivity contribution is 0.127. The molecule has 5 heteroatoms. The van der Waals surface area contributed by atoms with Crippen molar-refractivity contribution in [3.05, 3.63) is 18.0 Å². The van der Waals surface area contributed by atoms with Crippen LogP contribution >= 0.6 is 11.6 Å². The van der Waals surface area contributed by atoms with Crippen LogP contribution in [-0.2, 0) is 11.8 Å². The second-order valence-electron chi connectivity index (χ2n) is 2.38. The normalized spacial score (nSPS) is 12.6. The van der Waals surface area contributed by atoms with Crippen LogP contribution < -0.4 is 0 Å². The minimum Gasteiger partial charge on any atom is -0.444 e. The van der Waals surface area contributed by atoms with Crippen LogP contribution in [0.1, 0.15) is 18.7 Å². The molecule has 0 saturated heterocycles. The standard InChI is InChI=1S/C7H9ClN2O2/c1-5(12-7(8)11)6-3-4-9-10(6)2/h3-5H,1-2H3. The van der Waals surface area contributed by atoms with Crippen LogP contribution in [0.25, 0.3) is 0 Å². The minimum absolute atomic E-state index is 0.359. The van der Waals surface area contributed by atoms with Crippen molar-refractivity contribution >= 4 is 17.0 Å². The molecule has 1 aromatic heterocycles. The van der Waals surface area contributed by atoms with Crippen molar-refractivity contribution in [2.75, 3.05) is 0 Å². The highest BCUT2D eigenvalue weighted by atomic mass is 35.5. The van der Waals surface area contributed by atoms with Gasteiger partial charge < -0.3 is 4.74 Å². The molecule has 0 radical (unpaired) electrons. The van der Waals surface area contributed by atoms with Crippen molar-refractivity contribution in [2.24, 2.45) is 7.05 Å². The molecule has 0 amide bonds. The summed E-state index contributed by atoms with van der Waals surface area (Å²) in [5, 5.41) is 3.93. The molecule has 0 bridgehead atoms. The third-order valence-corrected chi connectivity index (χ3v) is 1.63. The summed E-state index contributed by atoms with van der Waals surface area (Å²) < 4.78 is 6.37. The summed E-state index contributed by atoms with van der Waals surface area (Å²) in [6.45, 7) is 1.73. The highest BCUT2D eigenvalue weighted by molar-refractivity contribution is 6.61. The number of carbonyl (C=O) groups excluding carboxylic acids is 1. The van der Waals surface area contributed by atoms with Crippen molar-refractivity contribution in [1.82, 2.24) is 9.78 Å². The minimum atomic E-state index is -0.802. The van der Waals surface area contributed by atoms with Crippen molar-refractivity contribution < 1.29 is 9.53 Å². The molecular weight excluding hydrogens is 180 g/mol. The highest BCUT2D eigenvalue weighted by Gasteiger charge is 2.12. The first-order valence-corrected chi connectivity index (χ1v) is 3.83. The molecule has 12 heavy (non-hydrogen) atoms. The molecule has 0 aliphatic heterocycles. The maximum atomic E-state index is 10.4. The van der Waals surface area contributed by atoms with Gasteiger partial charge in [0.05, 0.1) is 5.69 Å². The van der Waals surface area contributed by atoms with Crippen LogP contribution in [-0.4, -0.2) is 15.2 Å². The quantitative estimate of drug-likeness (QED) is 0.666. The van der Waals surface area contributed by atoms with Gasteiger partial charge in [-0.1, -0.05) is 0 Å². The largest absolute Gasteiger partial charge is 0.444 e. The van der Waals surface area contributed by atoms with Crippen molar-refractivity contribution in [2.45, 2.75) is 13.0 Å². The molecule has 1 unspecified atom stereocenters. The van der Waals surface area contributed by atoms with E-state index in [0.29, 0.717) is 0 Å². The van der Waals surface area contributed by atoms with Gasteiger partial charge in [-0.2, -0.15) is 5.10 Å². The van der Waals surface area contributed by atoms with E-state index < -0.39 is 5.43 Å². The lowest BCUT2D eigenvalue weighted by Crippen LogP contribution is -2.07. The van der Waals surface area contributed by atoms with Gasteiger partial charge in [0.1, 0.15) is 6.10 Å². The van der Waals surface area contributed by atoms with Gasteiger partial charge in [0.15, 0.2) is 0 Å². The molecule has 0 saturated carbocycles. The number of halogens is 1. The van der Waals surface area contributed by atoms with Crippen LogP contribution in [0.2, 0.25) is 0 Å². The van der Waals surface area contributed by atoms with Crippen molar-refractivity contribution in [1.29, 1.82) is 0 Å². The molecule has 1 rings (SSSR count). The predicted octanol–water partition coefficient (Wildman–Crippen LogP) is 1.86. The molecule has 4 nitrogen and oxygen atoms in total. The highest BCUT2D eigenvalue weighted by Crippen LogP contribution is 2.16. The van der Waals surface area contributed by atoms with E-state index in [0.717, 1.165) is 5.69 Å². The third kappa shape index (κ3) is 1.98. The Hall–Kier alpha value is -1.03. The molecule has 66 valence electrons. The van der Waals surface area contributed by atoms with Crippen molar-refractivity contribution in [3.8, 4) is 0 Å². The summed E-state index contributed by atoms with van der Waals surface area (Å²) in [4.78, 5) is 10.4. The van der Waals surface area contributed by atoms with E-state index in [9.17, 15) is 4.79 Å². The third-order valence-electron chi connectivity index (χ3n) is 1.54. The van der Waals surface area contributed by atoms with Crippen LogP contribution in [0.5, 0.6) is 0 Å². The monoisotopic (exact) mass is 188 g/mol. The number of carbonyl (C=O) groups is 1. The smallest absolute Gasteiger partial charge is 0.404 e. The molecule has 1 aromatic rings. The van der Waals surface area contributed by atoms with Crippen LogP contribution in [0, 0.1) is 0 Å². The second kappa shape index (κ2) is 3.58. The number of nitrogens with zero attached hydrogens (tertiary/aromatic N) is 2. The van der Waals surface area contributed by atoms with Gasteiger partial charge in [-0.3, -0.25) is 4.68 Å². The molecule has 0 spiro atoms. The number of hydrogen-bond acceptors (Lipinski definition) is 3. The molecule has 1 atom stereocenters. The average Bonchev–Trinajstić information content (AvgIpc) is 2.33. The van der Waals surface area contributed by atoms with E-state index in [1.54, 1.807) is 30.9 Å². The zero-order valence-corrected chi connectivity index (χ0v) is 7.58. The Morgan fingerprint density at radius 1 is 1.83 bits per heavy atom. The van der Waals surface area contributed by atoms with Crippen LogP contribution in [0.4, 0.5) is 4.79 Å². The molecule has 0 aliphatic rings. The fourth-order valence-electron chi connectivity index (χ4n) is 0.982. The van der Waals surface area contributed by atoms with E-state index in [-0.39, 0.29) is 6.10 Å². The topological polar surface area (TPSA) is 44.1 Å². The van der Waals surface area contributed by atoms with E-state index in [1.807, 2.05) is 0 Å². The molecule has 1 heterocycles. The van der Waals surface area contributed by atoms with Gasteiger partial charge in [0.2, 0.25) is 0 Å². The second-order valence-corrected chi connectivity index (χ2v) is 2.69. The zero-order chi connectivity index (χ0) is 9.14. The van der Waals surface area contributed by atoms with E-state index in [2.05, 4.69) is 5.10 Å². The molecule has 0 N–H and O–H groups in total. The van der Waals surface area contributed by atoms with Crippen LogP contribution in [0.3, 0.4) is 0 Å². The number of rotatable bonds is 2. The lowest BCUT2D eigenvalue weighted by Gasteiger charge is -2.10. The lowest BCUT2D eigenvalue weighted by atomic mass is 10.3. The van der Waals surface area contributed by atoms with Crippen molar-refractivity contribution in [3.63, 3.8) is 0 Å². The van der Waals surface area contributed by atoms with Gasteiger partial charge in [0.25, 0.3) is 0 Å². The van der Waals surface area contributed by atoms with Gasteiger partial charge in [-0.25, -0.2) is 4.79 Å². The first kappa shape index (κ1) is 9.06. The Labute approximate surface area is 75.1 Å². The summed E-state index contributed by atoms with van der Waals surface area (Å²) in [5.41, 5.74) is 0.00713. The van der Waals surface area contributed by atoms with E-state index >= 15 is 0 Å². The first-order valence-electron chi connectivity index (χ1n) is 3.45. The molecular formula is C7H9ClN2O2. The number of aromatic nitrogens is 2. The summed E-state index contributed by atoms with van der Waals surface area (Å²) >= 11 is 5.05. The van der Waals surface area contributed by atoms with Gasteiger partial charge in [0, 0.05) is 24.8 Å². The fraction of sp³-hybridized carbons (Fsp3) is 0.429. The Bertz CT molecular complexity index is 285. The number of ether oxygens (including phenoxy) is 1. The molecule has 0 fully saturated rings. The van der Waals surface area contributed by atoms with Gasteiger partial charge >= 0.3 is 5.43 Å². The number of aryl methyl sites for hydroxylation is 1. The maximum Gasteiger partial charge on any atom is 0.404 e. The maximum absolute atomic E-state index is 10.4. The molecule has 0 aromatic carbocycles. The SMILES string of the molecule is CC(OC(=O)Cl)c1ccnn1C. The Kier molecular flexibility index (Phi) is 2.70. The number of hydrogen-bond donors (Lipinski definition) is 0. The Morgan fingerprint density at radius 2 is 2.50 bits per heavy atom. The Morgan fingerprint density at radius 3 is 2.92 bits per heavy atom. The van der Waals surface area contributed by atoms with Crippen LogP contribution in [0.15, 0.2) is 12.3 Å². The van der Waals surface area contributed by atoms with E-state index in [4.69, 9.17) is 16.3 Å². The fourth-order valence-corrected chi connectivity index (χ4v) is 1.12.